The molecule has 2 aliphatic heterocycles. The normalized spacial score (nSPS) is 20.5. The summed E-state index contributed by atoms with van der Waals surface area (Å²) in [5, 5.41) is 10.1. The molecule has 7 heteroatoms. The molecular weight excluding hydrogens is 395 g/mol. The molecule has 1 aromatic heterocycles. The van der Waals surface area contributed by atoms with E-state index in [-0.39, 0.29) is 17.6 Å². The number of amides is 1. The van der Waals surface area contributed by atoms with Crippen molar-refractivity contribution in [3.63, 3.8) is 0 Å². The SMILES string of the molecule is CN1CCN(c2ccc(F)cc2C[C@@H]2CCN(c3ccc(C(C)(C)O)nc3)C2=O)CC1. The third-order valence-electron chi connectivity index (χ3n) is 6.35. The van der Waals surface area contributed by atoms with Gasteiger partial charge < -0.3 is 19.8 Å². The van der Waals surface area contributed by atoms with E-state index >= 15 is 0 Å². The predicted molar refractivity (Wildman–Crippen MR) is 120 cm³/mol. The van der Waals surface area contributed by atoms with Crippen molar-refractivity contribution in [3.05, 3.63) is 53.6 Å². The second kappa shape index (κ2) is 8.55. The number of hydrogen-bond acceptors (Lipinski definition) is 5. The van der Waals surface area contributed by atoms with Crippen LogP contribution >= 0.6 is 0 Å². The van der Waals surface area contributed by atoms with Crippen LogP contribution in [0.3, 0.4) is 0 Å². The van der Waals surface area contributed by atoms with Gasteiger partial charge in [0, 0.05) is 44.3 Å². The number of benzene rings is 1. The molecule has 0 spiro atoms. The Balaban J connectivity index is 1.49. The van der Waals surface area contributed by atoms with Gasteiger partial charge in [-0.25, -0.2) is 4.39 Å². The van der Waals surface area contributed by atoms with E-state index in [0.29, 0.717) is 18.7 Å². The fraction of sp³-hybridized carbons (Fsp3) is 0.500. The largest absolute Gasteiger partial charge is 0.384 e. The lowest BCUT2D eigenvalue weighted by molar-refractivity contribution is -0.120. The molecule has 2 aromatic rings. The lowest BCUT2D eigenvalue weighted by Gasteiger charge is -2.35. The Bertz CT molecular complexity index is 934. The van der Waals surface area contributed by atoms with E-state index in [1.165, 1.54) is 6.07 Å². The second-order valence-corrected chi connectivity index (χ2v) is 9.20. The molecular formula is C24H31FN4O2. The summed E-state index contributed by atoms with van der Waals surface area (Å²) in [6, 6.07) is 8.54. The van der Waals surface area contributed by atoms with Crippen LogP contribution in [-0.2, 0) is 16.8 Å². The average molecular weight is 427 g/mol. The molecule has 6 nitrogen and oxygen atoms in total. The zero-order valence-corrected chi connectivity index (χ0v) is 18.5. The van der Waals surface area contributed by atoms with E-state index in [9.17, 15) is 14.3 Å². The molecule has 1 atom stereocenters. The van der Waals surface area contributed by atoms with E-state index in [2.05, 4.69) is 21.8 Å². The second-order valence-electron chi connectivity index (χ2n) is 9.20. The van der Waals surface area contributed by atoms with E-state index in [1.807, 2.05) is 12.1 Å². The van der Waals surface area contributed by atoms with Crippen LogP contribution in [0, 0.1) is 11.7 Å². The number of rotatable bonds is 5. The molecule has 2 fully saturated rings. The number of carbonyl (C=O) groups excluding carboxylic acids is 1. The van der Waals surface area contributed by atoms with Gasteiger partial charge in [-0.05, 0) is 69.6 Å². The highest BCUT2D eigenvalue weighted by Gasteiger charge is 2.34. The van der Waals surface area contributed by atoms with Crippen molar-refractivity contribution in [1.82, 2.24) is 9.88 Å². The summed E-state index contributed by atoms with van der Waals surface area (Å²) in [4.78, 5) is 23.8. The molecule has 1 amide bonds. The summed E-state index contributed by atoms with van der Waals surface area (Å²) in [5.74, 6) is -0.394. The topological polar surface area (TPSA) is 59.9 Å². The van der Waals surface area contributed by atoms with Crippen molar-refractivity contribution in [2.45, 2.75) is 32.3 Å². The van der Waals surface area contributed by atoms with Gasteiger partial charge in [0.1, 0.15) is 11.4 Å². The molecule has 2 aliphatic rings. The zero-order chi connectivity index (χ0) is 22.2. The fourth-order valence-corrected chi connectivity index (χ4v) is 4.43. The molecule has 1 N–H and O–H groups in total. The van der Waals surface area contributed by atoms with Crippen molar-refractivity contribution in [2.75, 3.05) is 49.6 Å². The first-order valence-electron chi connectivity index (χ1n) is 10.9. The van der Waals surface area contributed by atoms with Crippen LogP contribution in [0.2, 0.25) is 0 Å². The van der Waals surface area contributed by atoms with Crippen LogP contribution in [0.5, 0.6) is 0 Å². The molecule has 4 rings (SSSR count). The van der Waals surface area contributed by atoms with Crippen LogP contribution in [0.1, 0.15) is 31.5 Å². The van der Waals surface area contributed by atoms with Crippen molar-refractivity contribution in [1.29, 1.82) is 0 Å². The van der Waals surface area contributed by atoms with Crippen LogP contribution in [0.4, 0.5) is 15.8 Å². The monoisotopic (exact) mass is 426 g/mol. The van der Waals surface area contributed by atoms with E-state index in [0.717, 1.165) is 49.5 Å². The highest BCUT2D eigenvalue weighted by Crippen LogP contribution is 2.32. The summed E-state index contributed by atoms with van der Waals surface area (Å²) < 4.78 is 14.1. The maximum atomic E-state index is 14.1. The molecule has 0 bridgehead atoms. The van der Waals surface area contributed by atoms with Gasteiger partial charge in [0.15, 0.2) is 0 Å². The minimum atomic E-state index is -1.02. The smallest absolute Gasteiger partial charge is 0.230 e. The third-order valence-corrected chi connectivity index (χ3v) is 6.35. The number of aromatic nitrogens is 1. The quantitative estimate of drug-likeness (QED) is 0.797. The minimum absolute atomic E-state index is 0.0476. The lowest BCUT2D eigenvalue weighted by Crippen LogP contribution is -2.44. The van der Waals surface area contributed by atoms with E-state index in [1.54, 1.807) is 37.1 Å². The molecule has 0 aliphatic carbocycles. The Hall–Kier alpha value is -2.51. The van der Waals surface area contributed by atoms with Crippen LogP contribution in [0.15, 0.2) is 36.5 Å². The molecule has 3 heterocycles. The molecule has 1 aromatic carbocycles. The average Bonchev–Trinajstić information content (AvgIpc) is 3.09. The van der Waals surface area contributed by atoms with E-state index < -0.39 is 5.60 Å². The number of aliphatic hydroxyl groups is 1. The number of halogens is 1. The summed E-state index contributed by atoms with van der Waals surface area (Å²) in [6.45, 7) is 7.73. The molecule has 2 saturated heterocycles. The summed E-state index contributed by atoms with van der Waals surface area (Å²) >= 11 is 0. The van der Waals surface area contributed by atoms with Gasteiger partial charge in [-0.3, -0.25) is 9.78 Å². The van der Waals surface area contributed by atoms with Gasteiger partial charge in [-0.1, -0.05) is 0 Å². The summed E-state index contributed by atoms with van der Waals surface area (Å²) in [7, 11) is 2.11. The van der Waals surface area contributed by atoms with Crippen molar-refractivity contribution < 1.29 is 14.3 Å². The number of pyridine rings is 1. The van der Waals surface area contributed by atoms with Gasteiger partial charge in [0.2, 0.25) is 5.91 Å². The first kappa shape index (κ1) is 21.7. The number of likely N-dealkylation sites (N-methyl/N-ethyl adjacent to an activating group) is 1. The van der Waals surface area contributed by atoms with Gasteiger partial charge in [0.05, 0.1) is 17.6 Å². The number of carbonyl (C=O) groups is 1. The van der Waals surface area contributed by atoms with Crippen LogP contribution in [0.25, 0.3) is 0 Å². The minimum Gasteiger partial charge on any atom is -0.384 e. The van der Waals surface area contributed by atoms with Crippen LogP contribution < -0.4 is 9.80 Å². The Labute approximate surface area is 183 Å². The molecule has 166 valence electrons. The molecule has 0 unspecified atom stereocenters. The molecule has 0 radical (unpaired) electrons. The number of piperazine rings is 1. The Morgan fingerprint density at radius 1 is 1.13 bits per heavy atom. The maximum Gasteiger partial charge on any atom is 0.230 e. The van der Waals surface area contributed by atoms with Crippen molar-refractivity contribution in [3.8, 4) is 0 Å². The van der Waals surface area contributed by atoms with Crippen LogP contribution in [-0.4, -0.2) is 60.7 Å². The molecule has 31 heavy (non-hydrogen) atoms. The van der Waals surface area contributed by atoms with Crippen molar-refractivity contribution in [2.24, 2.45) is 5.92 Å². The number of nitrogens with zero attached hydrogens (tertiary/aromatic N) is 4. The Morgan fingerprint density at radius 3 is 2.52 bits per heavy atom. The lowest BCUT2D eigenvalue weighted by atomic mass is 9.96. The molecule has 0 saturated carbocycles. The number of hydrogen-bond donors (Lipinski definition) is 1. The van der Waals surface area contributed by atoms with Crippen molar-refractivity contribution >= 4 is 17.3 Å². The van der Waals surface area contributed by atoms with Gasteiger partial charge in [-0.2, -0.15) is 0 Å². The fourth-order valence-electron chi connectivity index (χ4n) is 4.43. The summed E-state index contributed by atoms with van der Waals surface area (Å²) in [6.07, 6.45) is 2.90. The zero-order valence-electron chi connectivity index (χ0n) is 18.5. The first-order valence-corrected chi connectivity index (χ1v) is 10.9. The highest BCUT2D eigenvalue weighted by atomic mass is 19.1. The predicted octanol–water partition coefficient (Wildman–Crippen LogP) is 2.80. The summed E-state index contributed by atoms with van der Waals surface area (Å²) in [5.41, 5.74) is 2.22. The standard InChI is InChI=1S/C24H31FN4O2/c1-24(2,31)22-7-5-20(16-26-22)29-9-8-17(23(29)30)14-18-15-19(25)4-6-21(18)28-12-10-27(3)11-13-28/h4-7,15-17,31H,8-14H2,1-3H3/t17-/m0/s1. The van der Waals surface area contributed by atoms with Gasteiger partial charge in [-0.15, -0.1) is 0 Å². The highest BCUT2D eigenvalue weighted by molar-refractivity contribution is 5.97. The van der Waals surface area contributed by atoms with E-state index in [4.69, 9.17) is 0 Å². The number of anilines is 2. The first-order chi connectivity index (χ1) is 14.7. The van der Waals surface area contributed by atoms with Gasteiger partial charge in [0.25, 0.3) is 0 Å². The Kier molecular flexibility index (Phi) is 5.99. The third kappa shape index (κ3) is 4.72. The maximum absolute atomic E-state index is 14.1. The van der Waals surface area contributed by atoms with Gasteiger partial charge >= 0.3 is 0 Å². The Morgan fingerprint density at radius 2 is 1.87 bits per heavy atom.